The normalized spacial score (nSPS) is 18.4. The molecule has 0 saturated carbocycles. The summed E-state index contributed by atoms with van der Waals surface area (Å²) in [5, 5.41) is 8.04. The summed E-state index contributed by atoms with van der Waals surface area (Å²) in [5.74, 6) is 1.50. The predicted molar refractivity (Wildman–Crippen MR) is 77.5 cm³/mol. The quantitative estimate of drug-likeness (QED) is 0.836. The van der Waals surface area contributed by atoms with E-state index in [0.717, 1.165) is 12.4 Å². The molecule has 0 aliphatic carbocycles. The van der Waals surface area contributed by atoms with Crippen LogP contribution in [0.1, 0.15) is 18.9 Å². The molecule has 3 heterocycles. The van der Waals surface area contributed by atoms with Crippen molar-refractivity contribution in [1.29, 1.82) is 0 Å². The average molecular weight is 325 g/mol. The Bertz CT molecular complexity index is 634. The molecule has 1 aliphatic heterocycles. The van der Waals surface area contributed by atoms with Crippen LogP contribution in [0, 0.1) is 0 Å². The third-order valence-corrected chi connectivity index (χ3v) is 3.61. The van der Waals surface area contributed by atoms with E-state index in [1.807, 2.05) is 16.4 Å². The Morgan fingerprint density at radius 1 is 1.43 bits per heavy atom. The molecule has 1 saturated heterocycles. The Kier molecular flexibility index (Phi) is 4.65. The van der Waals surface area contributed by atoms with Crippen LogP contribution < -0.4 is 9.64 Å². The van der Waals surface area contributed by atoms with Gasteiger partial charge in [-0.1, -0.05) is 0 Å². The van der Waals surface area contributed by atoms with Crippen molar-refractivity contribution < 1.29 is 18.3 Å². The summed E-state index contributed by atoms with van der Waals surface area (Å²) < 4.78 is 36.3. The highest BCUT2D eigenvalue weighted by Crippen LogP contribution is 2.25. The van der Waals surface area contributed by atoms with Gasteiger partial charge in [-0.05, 0) is 19.1 Å². The fourth-order valence-electron chi connectivity index (χ4n) is 2.50. The molecule has 0 N–H and O–H groups in total. The summed E-state index contributed by atoms with van der Waals surface area (Å²) >= 11 is 0. The number of ether oxygens (including phenoxy) is 2. The lowest BCUT2D eigenvalue weighted by atomic mass is 10.2. The summed E-state index contributed by atoms with van der Waals surface area (Å²) in [4.78, 5) is 6.21. The van der Waals surface area contributed by atoms with Crippen LogP contribution in [0.4, 0.5) is 14.6 Å². The molecule has 124 valence electrons. The van der Waals surface area contributed by atoms with Gasteiger partial charge in [-0.2, -0.15) is 8.78 Å². The number of anilines is 1. The van der Waals surface area contributed by atoms with Gasteiger partial charge in [0.2, 0.25) is 0 Å². The third-order valence-electron chi connectivity index (χ3n) is 3.61. The van der Waals surface area contributed by atoms with E-state index in [9.17, 15) is 8.78 Å². The van der Waals surface area contributed by atoms with Crippen LogP contribution in [-0.2, 0) is 11.3 Å². The maximum absolute atomic E-state index is 12.2. The van der Waals surface area contributed by atoms with Gasteiger partial charge in [-0.3, -0.25) is 0 Å². The van der Waals surface area contributed by atoms with E-state index < -0.39 is 6.61 Å². The van der Waals surface area contributed by atoms with Gasteiger partial charge in [0.15, 0.2) is 5.82 Å². The first kappa shape index (κ1) is 15.6. The van der Waals surface area contributed by atoms with Crippen molar-refractivity contribution in [1.82, 2.24) is 19.7 Å². The molecule has 3 rings (SSSR count). The van der Waals surface area contributed by atoms with E-state index in [0.29, 0.717) is 25.5 Å². The average Bonchev–Trinajstić information content (AvgIpc) is 3.04. The number of aromatic nitrogens is 4. The maximum Gasteiger partial charge on any atom is 0.387 e. The summed E-state index contributed by atoms with van der Waals surface area (Å²) in [6.07, 6.45) is 2.76. The fourth-order valence-corrected chi connectivity index (χ4v) is 2.50. The minimum atomic E-state index is -2.85. The Morgan fingerprint density at radius 3 is 3.00 bits per heavy atom. The van der Waals surface area contributed by atoms with Crippen LogP contribution in [0.3, 0.4) is 0 Å². The van der Waals surface area contributed by atoms with Crippen LogP contribution in [0.2, 0.25) is 0 Å². The van der Waals surface area contributed by atoms with Gasteiger partial charge in [-0.25, -0.2) is 4.98 Å². The lowest BCUT2D eigenvalue weighted by Gasteiger charge is -2.33. The predicted octanol–water partition coefficient (Wildman–Crippen LogP) is 1.87. The number of hydrogen-bond donors (Lipinski definition) is 0. The molecule has 7 nitrogen and oxygen atoms in total. The topological polar surface area (TPSA) is 65.3 Å². The number of halogens is 2. The lowest BCUT2D eigenvalue weighted by molar-refractivity contribution is -0.0500. The lowest BCUT2D eigenvalue weighted by Crippen LogP contribution is -2.39. The first-order valence-corrected chi connectivity index (χ1v) is 7.32. The van der Waals surface area contributed by atoms with Crippen LogP contribution in [0.5, 0.6) is 5.75 Å². The number of morpholine rings is 1. The molecular weight excluding hydrogens is 308 g/mol. The van der Waals surface area contributed by atoms with Gasteiger partial charge in [0.25, 0.3) is 0 Å². The van der Waals surface area contributed by atoms with Crippen molar-refractivity contribution in [3.8, 4) is 5.75 Å². The molecule has 1 aliphatic rings. The number of rotatable bonds is 5. The van der Waals surface area contributed by atoms with Crippen LogP contribution in [-0.4, -0.2) is 46.1 Å². The second-order valence-corrected chi connectivity index (χ2v) is 5.01. The van der Waals surface area contributed by atoms with E-state index in [1.165, 1.54) is 12.3 Å². The smallest absolute Gasteiger partial charge is 0.387 e. The van der Waals surface area contributed by atoms with E-state index in [2.05, 4.69) is 19.9 Å². The molecule has 1 fully saturated rings. The first-order valence-electron chi connectivity index (χ1n) is 7.32. The molecule has 9 heteroatoms. The maximum atomic E-state index is 12.2. The summed E-state index contributed by atoms with van der Waals surface area (Å²) in [7, 11) is 0. The van der Waals surface area contributed by atoms with Crippen molar-refractivity contribution in [2.75, 3.05) is 24.6 Å². The SMILES string of the molecule is CCn1cnnc1C1CN(c2ccc(OC(F)F)cn2)CCO1. The molecule has 0 aromatic carbocycles. The number of hydrogen-bond acceptors (Lipinski definition) is 6. The zero-order valence-corrected chi connectivity index (χ0v) is 12.6. The molecule has 1 unspecified atom stereocenters. The van der Waals surface area contributed by atoms with Crippen LogP contribution in [0.15, 0.2) is 24.7 Å². The van der Waals surface area contributed by atoms with Gasteiger partial charge in [0.05, 0.1) is 19.3 Å². The standard InChI is InChI=1S/C14H17F2N5O2/c1-2-20-9-18-19-13(20)11-8-21(5-6-22-11)12-4-3-10(7-17-12)23-14(15)16/h3-4,7,9,11,14H,2,5-6,8H2,1H3. The van der Waals surface area contributed by atoms with Crippen molar-refractivity contribution in [2.24, 2.45) is 0 Å². The van der Waals surface area contributed by atoms with Gasteiger partial charge in [0, 0.05) is 13.1 Å². The molecule has 2 aromatic rings. The molecule has 0 bridgehead atoms. The minimum absolute atomic E-state index is 0.0410. The molecule has 0 amide bonds. The highest BCUT2D eigenvalue weighted by atomic mass is 19.3. The molecule has 0 radical (unpaired) electrons. The monoisotopic (exact) mass is 325 g/mol. The van der Waals surface area contributed by atoms with Gasteiger partial charge >= 0.3 is 6.61 Å². The van der Waals surface area contributed by atoms with E-state index >= 15 is 0 Å². The Hall–Kier alpha value is -2.29. The van der Waals surface area contributed by atoms with Gasteiger partial charge < -0.3 is 18.9 Å². The fraction of sp³-hybridized carbons (Fsp3) is 0.500. The van der Waals surface area contributed by atoms with E-state index in [1.54, 1.807) is 12.4 Å². The number of aryl methyl sites for hydroxylation is 1. The number of nitrogens with zero attached hydrogens (tertiary/aromatic N) is 5. The summed E-state index contributed by atoms with van der Waals surface area (Å²) in [6, 6.07) is 3.14. The highest BCUT2D eigenvalue weighted by Gasteiger charge is 2.26. The molecule has 0 spiro atoms. The second kappa shape index (κ2) is 6.86. The summed E-state index contributed by atoms with van der Waals surface area (Å²) in [5.41, 5.74) is 0. The van der Waals surface area contributed by atoms with Crippen molar-refractivity contribution in [3.63, 3.8) is 0 Å². The minimum Gasteiger partial charge on any atom is -0.433 e. The zero-order valence-electron chi connectivity index (χ0n) is 12.6. The van der Waals surface area contributed by atoms with Crippen molar-refractivity contribution in [3.05, 3.63) is 30.5 Å². The summed E-state index contributed by atoms with van der Waals surface area (Å²) in [6.45, 7) is 1.69. The van der Waals surface area contributed by atoms with Crippen molar-refractivity contribution in [2.45, 2.75) is 26.2 Å². The molecular formula is C14H17F2N5O2. The number of pyridine rings is 1. The van der Waals surface area contributed by atoms with Gasteiger partial charge in [0.1, 0.15) is 24.0 Å². The van der Waals surface area contributed by atoms with E-state index in [4.69, 9.17) is 4.74 Å². The Labute approximate surface area is 131 Å². The van der Waals surface area contributed by atoms with Gasteiger partial charge in [-0.15, -0.1) is 10.2 Å². The largest absolute Gasteiger partial charge is 0.433 e. The second-order valence-electron chi connectivity index (χ2n) is 5.01. The molecule has 23 heavy (non-hydrogen) atoms. The molecule has 1 atom stereocenters. The van der Waals surface area contributed by atoms with Crippen molar-refractivity contribution >= 4 is 5.82 Å². The van der Waals surface area contributed by atoms with E-state index in [-0.39, 0.29) is 11.9 Å². The van der Waals surface area contributed by atoms with Crippen LogP contribution >= 0.6 is 0 Å². The molecule has 2 aromatic heterocycles. The zero-order chi connectivity index (χ0) is 16.2. The Balaban J connectivity index is 1.71. The number of alkyl halides is 2. The Morgan fingerprint density at radius 2 is 2.30 bits per heavy atom. The highest BCUT2D eigenvalue weighted by molar-refractivity contribution is 5.41. The first-order chi connectivity index (χ1) is 11.2. The third kappa shape index (κ3) is 3.55. The van der Waals surface area contributed by atoms with Crippen LogP contribution in [0.25, 0.3) is 0 Å².